The van der Waals surface area contributed by atoms with Crippen molar-refractivity contribution in [2.24, 2.45) is 0 Å². The Morgan fingerprint density at radius 1 is 1.37 bits per heavy atom. The summed E-state index contributed by atoms with van der Waals surface area (Å²) in [6.45, 7) is 8.60. The molecule has 2 N–H and O–H groups in total. The molecular formula is C15H23NO3. The standard InChI is InChI=1S/C15H23NO3/c1-11-9-12(15(2,3)4)5-6-13(11)19-10-14(18)16-7-8-17/h5-6,9,17H,7-8,10H2,1-4H3,(H,16,18). The minimum atomic E-state index is -0.228. The zero-order valence-corrected chi connectivity index (χ0v) is 12.1. The van der Waals surface area contributed by atoms with E-state index in [0.29, 0.717) is 5.75 Å². The minimum Gasteiger partial charge on any atom is -0.484 e. The molecule has 0 heterocycles. The molecule has 0 aromatic heterocycles. The van der Waals surface area contributed by atoms with Gasteiger partial charge in [-0.25, -0.2) is 0 Å². The number of hydrogen-bond acceptors (Lipinski definition) is 3. The quantitative estimate of drug-likeness (QED) is 0.853. The van der Waals surface area contributed by atoms with Crippen molar-refractivity contribution in [1.29, 1.82) is 0 Å². The van der Waals surface area contributed by atoms with E-state index in [1.54, 1.807) is 0 Å². The predicted octanol–water partition coefficient (Wildman–Crippen LogP) is 1.78. The second-order valence-electron chi connectivity index (χ2n) is 5.59. The van der Waals surface area contributed by atoms with Crippen LogP contribution < -0.4 is 10.1 Å². The Morgan fingerprint density at radius 3 is 2.58 bits per heavy atom. The molecule has 106 valence electrons. The van der Waals surface area contributed by atoms with Crippen LogP contribution in [0.25, 0.3) is 0 Å². The summed E-state index contributed by atoms with van der Waals surface area (Å²) in [4.78, 5) is 11.4. The molecule has 1 amide bonds. The fourth-order valence-corrected chi connectivity index (χ4v) is 1.67. The van der Waals surface area contributed by atoms with Gasteiger partial charge in [0.15, 0.2) is 6.61 Å². The highest BCUT2D eigenvalue weighted by atomic mass is 16.5. The zero-order chi connectivity index (χ0) is 14.5. The van der Waals surface area contributed by atoms with Gasteiger partial charge in [-0.15, -0.1) is 0 Å². The lowest BCUT2D eigenvalue weighted by molar-refractivity contribution is -0.123. The van der Waals surface area contributed by atoms with E-state index in [4.69, 9.17) is 9.84 Å². The molecule has 4 nitrogen and oxygen atoms in total. The number of hydrogen-bond donors (Lipinski definition) is 2. The van der Waals surface area contributed by atoms with Crippen molar-refractivity contribution in [1.82, 2.24) is 5.32 Å². The Bertz CT molecular complexity index is 436. The zero-order valence-electron chi connectivity index (χ0n) is 12.1. The SMILES string of the molecule is Cc1cc(C(C)(C)C)ccc1OCC(=O)NCCO. The van der Waals surface area contributed by atoms with Gasteiger partial charge in [-0.3, -0.25) is 4.79 Å². The summed E-state index contributed by atoms with van der Waals surface area (Å²) >= 11 is 0. The van der Waals surface area contributed by atoms with Crippen LogP contribution in [0.4, 0.5) is 0 Å². The number of ether oxygens (including phenoxy) is 1. The molecular weight excluding hydrogens is 242 g/mol. The van der Waals surface area contributed by atoms with E-state index in [1.165, 1.54) is 5.56 Å². The highest BCUT2D eigenvalue weighted by molar-refractivity contribution is 5.77. The Morgan fingerprint density at radius 2 is 2.05 bits per heavy atom. The van der Waals surface area contributed by atoms with Crippen molar-refractivity contribution in [3.63, 3.8) is 0 Å². The van der Waals surface area contributed by atoms with Gasteiger partial charge < -0.3 is 15.2 Å². The van der Waals surface area contributed by atoms with E-state index in [-0.39, 0.29) is 31.1 Å². The fraction of sp³-hybridized carbons (Fsp3) is 0.533. The average molecular weight is 265 g/mol. The molecule has 1 aromatic rings. The smallest absolute Gasteiger partial charge is 0.258 e. The van der Waals surface area contributed by atoms with Crippen LogP contribution >= 0.6 is 0 Å². The first-order valence-electron chi connectivity index (χ1n) is 6.46. The molecule has 4 heteroatoms. The van der Waals surface area contributed by atoms with Crippen molar-refractivity contribution in [3.05, 3.63) is 29.3 Å². The first-order chi connectivity index (χ1) is 8.84. The predicted molar refractivity (Wildman–Crippen MR) is 75.5 cm³/mol. The minimum absolute atomic E-state index is 0.0320. The van der Waals surface area contributed by atoms with Gasteiger partial charge in [0.2, 0.25) is 0 Å². The summed E-state index contributed by atoms with van der Waals surface area (Å²) in [7, 11) is 0. The number of aliphatic hydroxyl groups excluding tert-OH is 1. The van der Waals surface area contributed by atoms with E-state index >= 15 is 0 Å². The van der Waals surface area contributed by atoms with E-state index in [2.05, 4.69) is 32.2 Å². The van der Waals surface area contributed by atoms with Crippen LogP contribution in [-0.2, 0) is 10.2 Å². The summed E-state index contributed by atoms with van der Waals surface area (Å²) in [5, 5.41) is 11.1. The lowest BCUT2D eigenvalue weighted by Crippen LogP contribution is -2.31. The number of carbonyl (C=O) groups excluding carboxylic acids is 1. The normalized spacial score (nSPS) is 11.2. The van der Waals surface area contributed by atoms with Gasteiger partial charge in [-0.05, 0) is 29.5 Å². The fourth-order valence-electron chi connectivity index (χ4n) is 1.67. The van der Waals surface area contributed by atoms with Crippen molar-refractivity contribution >= 4 is 5.91 Å². The molecule has 19 heavy (non-hydrogen) atoms. The van der Waals surface area contributed by atoms with Gasteiger partial charge in [0.1, 0.15) is 5.75 Å². The highest BCUT2D eigenvalue weighted by Gasteiger charge is 2.15. The third-order valence-corrected chi connectivity index (χ3v) is 2.83. The summed E-state index contributed by atoms with van der Waals surface area (Å²) in [6, 6.07) is 6.00. The number of nitrogens with one attached hydrogen (secondary N) is 1. The molecule has 0 aliphatic carbocycles. The molecule has 0 atom stereocenters. The average Bonchev–Trinajstić information content (AvgIpc) is 2.33. The van der Waals surface area contributed by atoms with Crippen LogP contribution in [0.1, 0.15) is 31.9 Å². The first kappa shape index (κ1) is 15.5. The second kappa shape index (κ2) is 6.57. The molecule has 0 bridgehead atoms. The van der Waals surface area contributed by atoms with E-state index in [1.807, 2.05) is 19.1 Å². The van der Waals surface area contributed by atoms with E-state index < -0.39 is 0 Å². The number of carbonyl (C=O) groups is 1. The highest BCUT2D eigenvalue weighted by Crippen LogP contribution is 2.27. The lowest BCUT2D eigenvalue weighted by Gasteiger charge is -2.20. The summed E-state index contributed by atoms with van der Waals surface area (Å²) in [5.41, 5.74) is 2.35. The van der Waals surface area contributed by atoms with Gasteiger partial charge in [-0.2, -0.15) is 0 Å². The van der Waals surface area contributed by atoms with E-state index in [0.717, 1.165) is 5.56 Å². The summed E-state index contributed by atoms with van der Waals surface area (Å²) < 4.78 is 5.47. The third-order valence-electron chi connectivity index (χ3n) is 2.83. The van der Waals surface area contributed by atoms with Crippen LogP contribution in [0.2, 0.25) is 0 Å². The number of amides is 1. The monoisotopic (exact) mass is 265 g/mol. The Kier molecular flexibility index (Phi) is 5.36. The molecule has 1 aromatic carbocycles. The molecule has 1 rings (SSSR count). The summed E-state index contributed by atoms with van der Waals surface area (Å²) in [6.07, 6.45) is 0. The number of rotatable bonds is 5. The van der Waals surface area contributed by atoms with Gasteiger partial charge in [-0.1, -0.05) is 32.9 Å². The number of aryl methyl sites for hydroxylation is 1. The molecule has 0 unspecified atom stereocenters. The summed E-state index contributed by atoms with van der Waals surface area (Å²) in [5.74, 6) is 0.487. The van der Waals surface area contributed by atoms with Gasteiger partial charge in [0.05, 0.1) is 6.61 Å². The van der Waals surface area contributed by atoms with Crippen molar-refractivity contribution < 1.29 is 14.6 Å². The molecule has 0 fully saturated rings. The lowest BCUT2D eigenvalue weighted by atomic mass is 9.86. The third kappa shape index (κ3) is 4.91. The molecule has 0 radical (unpaired) electrons. The molecule has 0 aliphatic rings. The Labute approximate surface area is 114 Å². The van der Waals surface area contributed by atoms with Crippen LogP contribution in [0, 0.1) is 6.92 Å². The molecule has 0 spiro atoms. The van der Waals surface area contributed by atoms with Gasteiger partial charge >= 0.3 is 0 Å². The van der Waals surface area contributed by atoms with Gasteiger partial charge in [0.25, 0.3) is 5.91 Å². The molecule has 0 aliphatic heterocycles. The maximum absolute atomic E-state index is 11.4. The Hall–Kier alpha value is -1.55. The maximum Gasteiger partial charge on any atom is 0.258 e. The number of benzene rings is 1. The first-order valence-corrected chi connectivity index (χ1v) is 6.46. The van der Waals surface area contributed by atoms with Crippen molar-refractivity contribution in [2.75, 3.05) is 19.8 Å². The molecule has 0 saturated heterocycles. The molecule has 0 saturated carbocycles. The van der Waals surface area contributed by atoms with Crippen LogP contribution in [0.3, 0.4) is 0 Å². The van der Waals surface area contributed by atoms with Crippen LogP contribution in [-0.4, -0.2) is 30.8 Å². The Balaban J connectivity index is 2.63. The van der Waals surface area contributed by atoms with Crippen molar-refractivity contribution in [3.8, 4) is 5.75 Å². The number of aliphatic hydroxyl groups is 1. The van der Waals surface area contributed by atoms with E-state index in [9.17, 15) is 4.79 Å². The van der Waals surface area contributed by atoms with Gasteiger partial charge in [0, 0.05) is 6.54 Å². The topological polar surface area (TPSA) is 58.6 Å². The van der Waals surface area contributed by atoms with Crippen LogP contribution in [0.15, 0.2) is 18.2 Å². The maximum atomic E-state index is 11.4. The second-order valence-corrected chi connectivity index (χ2v) is 5.59. The van der Waals surface area contributed by atoms with Crippen molar-refractivity contribution in [2.45, 2.75) is 33.1 Å². The largest absolute Gasteiger partial charge is 0.484 e. The van der Waals surface area contributed by atoms with Crippen LogP contribution in [0.5, 0.6) is 5.75 Å².